The highest BCUT2D eigenvalue weighted by Crippen LogP contribution is 2.40. The third-order valence-corrected chi connectivity index (χ3v) is 4.92. The van der Waals surface area contributed by atoms with Crippen LogP contribution in [-0.2, 0) is 38.2 Å². The van der Waals surface area contributed by atoms with Gasteiger partial charge in [-0.15, -0.1) is 0 Å². The average Bonchev–Trinajstić information content (AvgIpc) is 2.84. The molecule has 0 aliphatic carbocycles. The summed E-state index contributed by atoms with van der Waals surface area (Å²) < 4.78 is 49.4. The lowest BCUT2D eigenvalue weighted by atomic mass is 9.88. The summed E-state index contributed by atoms with van der Waals surface area (Å²) in [6, 6.07) is 0. The molecular formula is C17H29NO8S. The van der Waals surface area contributed by atoms with E-state index < -0.39 is 16.1 Å². The molecule has 2 aliphatic heterocycles. The van der Waals surface area contributed by atoms with Gasteiger partial charge in [-0.2, -0.15) is 8.42 Å². The molecule has 0 aromatic carbocycles. The number of carbonyl (C=O) groups excluding carboxylic acids is 1. The molecule has 27 heavy (non-hydrogen) atoms. The zero-order valence-corrected chi connectivity index (χ0v) is 17.0. The summed E-state index contributed by atoms with van der Waals surface area (Å²) in [6.07, 6.45) is 1.48. The number of hydrogen-bond acceptors (Lipinski definition) is 8. The number of ether oxygens (including phenoxy) is 4. The van der Waals surface area contributed by atoms with Crippen molar-refractivity contribution in [2.45, 2.75) is 64.6 Å². The fourth-order valence-electron chi connectivity index (χ4n) is 3.41. The number of nitrogens with two attached hydrogens (primary N) is 1. The highest BCUT2D eigenvalue weighted by atomic mass is 32.2. The first kappa shape index (κ1) is 22.3. The van der Waals surface area contributed by atoms with Gasteiger partial charge in [-0.05, 0) is 40.5 Å². The maximum absolute atomic E-state index is 11.6. The standard InChI is InChI=1S/C17H29NO8S/c1-5-22-14(19)9-11(2)8-13-16-15(25-17(3,4)26-16)12(10-23-13)6-7-24-27(18,20)21/h9,12-13,15-16H,5-8,10H2,1-4H3,(H2,18,20,21)/b11-9+/t12-,13-,15+,16-/m0/s1. The van der Waals surface area contributed by atoms with Crippen LogP contribution in [0, 0.1) is 5.92 Å². The molecule has 0 aromatic rings. The molecule has 0 bridgehead atoms. The highest BCUT2D eigenvalue weighted by Gasteiger charge is 2.51. The van der Waals surface area contributed by atoms with Gasteiger partial charge >= 0.3 is 16.3 Å². The third kappa shape index (κ3) is 6.81. The fraction of sp³-hybridized carbons (Fsp3) is 0.824. The Bertz CT molecular complexity index is 660. The summed E-state index contributed by atoms with van der Waals surface area (Å²) >= 11 is 0. The predicted octanol–water partition coefficient (Wildman–Crippen LogP) is 1.03. The summed E-state index contributed by atoms with van der Waals surface area (Å²) in [6.45, 7) is 7.87. The van der Waals surface area contributed by atoms with Crippen LogP contribution in [-0.4, -0.2) is 58.3 Å². The van der Waals surface area contributed by atoms with Crippen LogP contribution in [0.2, 0.25) is 0 Å². The van der Waals surface area contributed by atoms with Crippen molar-refractivity contribution in [3.8, 4) is 0 Å². The van der Waals surface area contributed by atoms with Gasteiger partial charge < -0.3 is 18.9 Å². The van der Waals surface area contributed by atoms with Crippen molar-refractivity contribution < 1.29 is 36.3 Å². The van der Waals surface area contributed by atoms with E-state index >= 15 is 0 Å². The normalized spacial score (nSPS) is 30.8. The van der Waals surface area contributed by atoms with Crippen LogP contribution in [0.5, 0.6) is 0 Å². The summed E-state index contributed by atoms with van der Waals surface area (Å²) in [5.41, 5.74) is 0.821. The van der Waals surface area contributed by atoms with Gasteiger partial charge in [0.2, 0.25) is 0 Å². The molecule has 0 saturated carbocycles. The van der Waals surface area contributed by atoms with Crippen molar-refractivity contribution in [2.75, 3.05) is 19.8 Å². The molecular weight excluding hydrogens is 378 g/mol. The average molecular weight is 407 g/mol. The van der Waals surface area contributed by atoms with E-state index in [9.17, 15) is 13.2 Å². The number of esters is 1. The quantitative estimate of drug-likeness (QED) is 0.467. The fourth-order valence-corrected chi connectivity index (χ4v) is 3.73. The van der Waals surface area contributed by atoms with Gasteiger partial charge in [0, 0.05) is 12.0 Å². The van der Waals surface area contributed by atoms with Crippen LogP contribution in [0.25, 0.3) is 0 Å². The molecule has 2 rings (SSSR count). The van der Waals surface area contributed by atoms with Crippen molar-refractivity contribution in [3.63, 3.8) is 0 Å². The first-order chi connectivity index (χ1) is 12.5. The lowest BCUT2D eigenvalue weighted by Gasteiger charge is -2.37. The van der Waals surface area contributed by atoms with E-state index in [-0.39, 0.29) is 36.8 Å². The number of fused-ring (bicyclic) bond motifs is 1. The second-order valence-electron chi connectivity index (χ2n) is 7.25. The van der Waals surface area contributed by atoms with E-state index in [0.717, 1.165) is 5.57 Å². The molecule has 0 amide bonds. The minimum Gasteiger partial charge on any atom is -0.463 e. The van der Waals surface area contributed by atoms with Crippen LogP contribution in [0.1, 0.15) is 40.5 Å². The molecule has 9 nitrogen and oxygen atoms in total. The van der Waals surface area contributed by atoms with Gasteiger partial charge in [-0.25, -0.2) is 9.93 Å². The molecule has 0 spiro atoms. The molecule has 0 unspecified atom stereocenters. The maximum atomic E-state index is 11.6. The number of carbonyl (C=O) groups is 1. The van der Waals surface area contributed by atoms with Crippen molar-refractivity contribution in [1.29, 1.82) is 0 Å². The number of rotatable bonds is 8. The molecule has 0 aromatic heterocycles. The largest absolute Gasteiger partial charge is 0.463 e. The Kier molecular flexibility index (Phi) is 7.40. The van der Waals surface area contributed by atoms with Gasteiger partial charge in [-0.1, -0.05) is 5.57 Å². The van der Waals surface area contributed by atoms with Crippen LogP contribution in [0.15, 0.2) is 11.6 Å². The van der Waals surface area contributed by atoms with Crippen LogP contribution >= 0.6 is 0 Å². The van der Waals surface area contributed by atoms with E-state index in [0.29, 0.717) is 26.1 Å². The molecule has 4 atom stereocenters. The summed E-state index contributed by atoms with van der Waals surface area (Å²) in [7, 11) is -3.98. The topological polar surface area (TPSA) is 123 Å². The molecule has 156 valence electrons. The van der Waals surface area contributed by atoms with Gasteiger partial charge in [0.25, 0.3) is 0 Å². The zero-order chi connectivity index (χ0) is 20.2. The molecule has 0 radical (unpaired) electrons. The lowest BCUT2D eigenvalue weighted by Crippen LogP contribution is -2.48. The van der Waals surface area contributed by atoms with E-state index in [4.69, 9.17) is 24.1 Å². The zero-order valence-electron chi connectivity index (χ0n) is 16.2. The van der Waals surface area contributed by atoms with E-state index in [1.165, 1.54) is 6.08 Å². The first-order valence-electron chi connectivity index (χ1n) is 8.99. The minimum atomic E-state index is -3.98. The SMILES string of the molecule is CCOC(=O)/C=C(\C)C[C@@H]1OC[C@H](CCOS(N)(=O)=O)[C@H]2OC(C)(C)O[C@H]21. The summed E-state index contributed by atoms with van der Waals surface area (Å²) in [5, 5.41) is 4.86. The molecule has 2 N–H and O–H groups in total. The second-order valence-corrected chi connectivity index (χ2v) is 8.47. The molecule has 2 heterocycles. The first-order valence-corrected chi connectivity index (χ1v) is 10.5. The van der Waals surface area contributed by atoms with Crippen molar-refractivity contribution in [3.05, 3.63) is 11.6 Å². The van der Waals surface area contributed by atoms with E-state index in [1.807, 2.05) is 20.8 Å². The smallest absolute Gasteiger partial charge is 0.333 e. The molecule has 2 aliphatic rings. The summed E-state index contributed by atoms with van der Waals surface area (Å²) in [4.78, 5) is 11.6. The molecule has 2 saturated heterocycles. The van der Waals surface area contributed by atoms with Gasteiger partial charge in [0.05, 0.1) is 32.0 Å². The van der Waals surface area contributed by atoms with Crippen molar-refractivity contribution >= 4 is 16.3 Å². The Balaban J connectivity index is 2.02. The van der Waals surface area contributed by atoms with E-state index in [1.54, 1.807) is 6.92 Å². The van der Waals surface area contributed by atoms with Gasteiger partial charge in [-0.3, -0.25) is 4.18 Å². The minimum absolute atomic E-state index is 0.0493. The Hall–Kier alpha value is -1.04. The second kappa shape index (κ2) is 8.97. The van der Waals surface area contributed by atoms with Crippen LogP contribution in [0.3, 0.4) is 0 Å². The third-order valence-electron chi connectivity index (χ3n) is 4.43. The Labute approximate surface area is 160 Å². The maximum Gasteiger partial charge on any atom is 0.333 e. The predicted molar refractivity (Wildman–Crippen MR) is 95.7 cm³/mol. The van der Waals surface area contributed by atoms with Crippen LogP contribution in [0.4, 0.5) is 0 Å². The summed E-state index contributed by atoms with van der Waals surface area (Å²) in [5.74, 6) is -1.26. The lowest BCUT2D eigenvalue weighted by molar-refractivity contribution is -0.153. The Morgan fingerprint density at radius 3 is 2.59 bits per heavy atom. The molecule has 10 heteroatoms. The van der Waals surface area contributed by atoms with E-state index in [2.05, 4.69) is 4.18 Å². The van der Waals surface area contributed by atoms with Crippen molar-refractivity contribution in [2.24, 2.45) is 11.1 Å². The Morgan fingerprint density at radius 2 is 1.96 bits per heavy atom. The van der Waals surface area contributed by atoms with Gasteiger partial charge in [0.15, 0.2) is 5.79 Å². The van der Waals surface area contributed by atoms with Crippen molar-refractivity contribution in [1.82, 2.24) is 0 Å². The highest BCUT2D eigenvalue weighted by molar-refractivity contribution is 7.84. The molecule has 2 fully saturated rings. The van der Waals surface area contributed by atoms with Gasteiger partial charge in [0.1, 0.15) is 6.10 Å². The number of hydrogen-bond donors (Lipinski definition) is 1. The Morgan fingerprint density at radius 1 is 1.30 bits per heavy atom. The van der Waals surface area contributed by atoms with Crippen LogP contribution < -0.4 is 5.14 Å². The monoisotopic (exact) mass is 407 g/mol.